The van der Waals surface area contributed by atoms with Crippen molar-refractivity contribution in [1.82, 2.24) is 14.9 Å². The molecule has 0 bridgehead atoms. The number of nitrogens with one attached hydrogen (secondary N) is 1. The minimum Gasteiger partial charge on any atom is -0.497 e. The molecule has 6 nitrogen and oxygen atoms in total. The lowest BCUT2D eigenvalue weighted by Crippen LogP contribution is -2.41. The quantitative estimate of drug-likeness (QED) is 0.451. The first-order valence-electron chi connectivity index (χ1n) is 9.78. The number of benzene rings is 1. The number of methoxy groups -OCH3 is 1. The Kier molecular flexibility index (Phi) is 6.57. The molecule has 0 unspecified atom stereocenters. The summed E-state index contributed by atoms with van der Waals surface area (Å²) in [5, 5.41) is 4.08. The number of hydrogen-bond acceptors (Lipinski definition) is 6. The summed E-state index contributed by atoms with van der Waals surface area (Å²) in [5.41, 5.74) is 1.20. The van der Waals surface area contributed by atoms with Crippen molar-refractivity contribution in [3.05, 3.63) is 45.1 Å². The zero-order valence-corrected chi connectivity index (χ0v) is 19.8. The Labute approximate surface area is 184 Å². The number of rotatable bonds is 6. The standard InChI is InChI=1S/C22H27N3O3S2/c1-7-16-13(2)18-19(30-16)23-21(29-12-17(26)24-22(3,4)5)25(20(18)27)14-9-8-10-15(11-14)28-6/h8-11H,7,12H2,1-6H3,(H,24,26). The summed E-state index contributed by atoms with van der Waals surface area (Å²) >= 11 is 2.81. The van der Waals surface area contributed by atoms with Crippen molar-refractivity contribution < 1.29 is 9.53 Å². The van der Waals surface area contributed by atoms with Crippen LogP contribution in [0, 0.1) is 6.92 Å². The van der Waals surface area contributed by atoms with Crippen molar-refractivity contribution in [3.63, 3.8) is 0 Å². The molecule has 0 aliphatic rings. The van der Waals surface area contributed by atoms with Crippen LogP contribution in [0.2, 0.25) is 0 Å². The molecular weight excluding hydrogens is 418 g/mol. The number of carbonyl (C=O) groups is 1. The molecule has 1 amide bonds. The molecule has 0 fully saturated rings. The lowest BCUT2D eigenvalue weighted by atomic mass is 10.1. The summed E-state index contributed by atoms with van der Waals surface area (Å²) in [6.45, 7) is 9.86. The van der Waals surface area contributed by atoms with E-state index in [1.54, 1.807) is 29.1 Å². The molecule has 0 atom stereocenters. The van der Waals surface area contributed by atoms with Crippen LogP contribution in [-0.2, 0) is 11.2 Å². The molecule has 0 saturated carbocycles. The Bertz CT molecular complexity index is 1140. The molecule has 0 saturated heterocycles. The van der Waals surface area contributed by atoms with Gasteiger partial charge >= 0.3 is 0 Å². The van der Waals surface area contributed by atoms with Gasteiger partial charge in [-0.05, 0) is 51.8 Å². The van der Waals surface area contributed by atoms with E-state index in [1.807, 2.05) is 45.9 Å². The van der Waals surface area contributed by atoms with Gasteiger partial charge in [0, 0.05) is 16.5 Å². The summed E-state index contributed by atoms with van der Waals surface area (Å²) in [4.78, 5) is 32.6. The number of aryl methyl sites for hydroxylation is 2. The van der Waals surface area contributed by atoms with Crippen LogP contribution in [0.5, 0.6) is 5.75 Å². The van der Waals surface area contributed by atoms with Crippen LogP contribution in [0.25, 0.3) is 15.9 Å². The summed E-state index contributed by atoms with van der Waals surface area (Å²) in [5.74, 6) is 0.720. The van der Waals surface area contributed by atoms with Gasteiger partial charge in [0.15, 0.2) is 5.16 Å². The summed E-state index contributed by atoms with van der Waals surface area (Å²) in [6.07, 6.45) is 0.849. The average Bonchev–Trinajstić information content (AvgIpc) is 3.01. The number of thiophene rings is 1. The van der Waals surface area contributed by atoms with Crippen LogP contribution < -0.4 is 15.6 Å². The van der Waals surface area contributed by atoms with Gasteiger partial charge in [0.25, 0.3) is 5.56 Å². The van der Waals surface area contributed by atoms with Crippen molar-refractivity contribution in [2.24, 2.45) is 0 Å². The minimum atomic E-state index is -0.317. The molecule has 8 heteroatoms. The first-order chi connectivity index (χ1) is 14.1. The van der Waals surface area contributed by atoms with Crippen LogP contribution in [0.4, 0.5) is 0 Å². The maximum Gasteiger partial charge on any atom is 0.267 e. The first-order valence-corrected chi connectivity index (χ1v) is 11.6. The SMILES string of the molecule is CCc1sc2nc(SCC(=O)NC(C)(C)C)n(-c3cccc(OC)c3)c(=O)c2c1C. The molecule has 1 aromatic carbocycles. The smallest absolute Gasteiger partial charge is 0.267 e. The van der Waals surface area contributed by atoms with Gasteiger partial charge < -0.3 is 10.1 Å². The fraction of sp³-hybridized carbons (Fsp3) is 0.409. The Balaban J connectivity index is 2.13. The number of nitrogens with zero attached hydrogens (tertiary/aromatic N) is 2. The van der Waals surface area contributed by atoms with Crippen molar-refractivity contribution in [2.45, 2.75) is 51.7 Å². The maximum absolute atomic E-state index is 13.5. The van der Waals surface area contributed by atoms with Gasteiger partial charge in [-0.25, -0.2) is 4.98 Å². The van der Waals surface area contributed by atoms with Gasteiger partial charge in [-0.1, -0.05) is 24.8 Å². The Morgan fingerprint density at radius 3 is 2.70 bits per heavy atom. The number of fused-ring (bicyclic) bond motifs is 1. The number of thioether (sulfide) groups is 1. The minimum absolute atomic E-state index is 0.101. The van der Waals surface area contributed by atoms with Crippen LogP contribution >= 0.6 is 23.1 Å². The Hall–Kier alpha value is -2.32. The van der Waals surface area contributed by atoms with Gasteiger partial charge in [0.2, 0.25) is 5.91 Å². The van der Waals surface area contributed by atoms with Crippen molar-refractivity contribution >= 4 is 39.2 Å². The number of amides is 1. The molecule has 3 aromatic rings. The van der Waals surface area contributed by atoms with E-state index in [0.29, 0.717) is 26.8 Å². The van der Waals surface area contributed by atoms with E-state index < -0.39 is 0 Å². The fourth-order valence-corrected chi connectivity index (χ4v) is 5.18. The summed E-state index contributed by atoms with van der Waals surface area (Å²) in [6, 6.07) is 7.31. The molecule has 2 aromatic heterocycles. The van der Waals surface area contributed by atoms with Crippen LogP contribution in [0.15, 0.2) is 34.2 Å². The number of hydrogen-bond donors (Lipinski definition) is 1. The lowest BCUT2D eigenvalue weighted by molar-refractivity contribution is -0.119. The van der Waals surface area contributed by atoms with Gasteiger partial charge in [-0.3, -0.25) is 14.2 Å². The Morgan fingerprint density at radius 1 is 1.33 bits per heavy atom. The van der Waals surface area contributed by atoms with Gasteiger partial charge in [0.05, 0.1) is 23.9 Å². The number of carbonyl (C=O) groups excluding carboxylic acids is 1. The number of ether oxygens (including phenoxy) is 1. The molecular formula is C22H27N3O3S2. The predicted molar refractivity (Wildman–Crippen MR) is 125 cm³/mol. The third-order valence-corrected chi connectivity index (χ3v) is 6.78. The van der Waals surface area contributed by atoms with Crippen molar-refractivity contribution in [3.8, 4) is 11.4 Å². The molecule has 30 heavy (non-hydrogen) atoms. The third-order valence-electron chi connectivity index (χ3n) is 4.51. The zero-order chi connectivity index (χ0) is 22.1. The second-order valence-electron chi connectivity index (χ2n) is 8.01. The zero-order valence-electron chi connectivity index (χ0n) is 18.2. The van der Waals surface area contributed by atoms with Crippen LogP contribution in [0.1, 0.15) is 38.1 Å². The van der Waals surface area contributed by atoms with E-state index in [0.717, 1.165) is 16.9 Å². The second-order valence-corrected chi connectivity index (χ2v) is 10.0. The van der Waals surface area contributed by atoms with E-state index in [9.17, 15) is 9.59 Å². The summed E-state index contributed by atoms with van der Waals surface area (Å²) < 4.78 is 6.92. The van der Waals surface area contributed by atoms with Gasteiger partial charge in [-0.15, -0.1) is 11.3 Å². The van der Waals surface area contributed by atoms with Crippen molar-refractivity contribution in [2.75, 3.05) is 12.9 Å². The molecule has 0 radical (unpaired) electrons. The lowest BCUT2D eigenvalue weighted by Gasteiger charge is -2.20. The maximum atomic E-state index is 13.5. The number of aromatic nitrogens is 2. The Morgan fingerprint density at radius 2 is 2.07 bits per heavy atom. The van der Waals surface area contributed by atoms with E-state index in [1.165, 1.54) is 11.8 Å². The third kappa shape index (κ3) is 4.70. The second kappa shape index (κ2) is 8.81. The molecule has 1 N–H and O–H groups in total. The highest BCUT2D eigenvalue weighted by atomic mass is 32.2. The highest BCUT2D eigenvalue weighted by molar-refractivity contribution is 7.99. The molecule has 3 rings (SSSR count). The van der Waals surface area contributed by atoms with E-state index in [-0.39, 0.29) is 22.8 Å². The fourth-order valence-electron chi connectivity index (χ4n) is 3.21. The highest BCUT2D eigenvalue weighted by Gasteiger charge is 2.20. The molecule has 0 aliphatic carbocycles. The van der Waals surface area contributed by atoms with E-state index in [2.05, 4.69) is 12.2 Å². The molecule has 2 heterocycles. The normalized spacial score (nSPS) is 11.7. The van der Waals surface area contributed by atoms with Crippen LogP contribution in [-0.4, -0.2) is 33.9 Å². The first kappa shape index (κ1) is 22.4. The van der Waals surface area contributed by atoms with Gasteiger partial charge in [-0.2, -0.15) is 0 Å². The molecule has 160 valence electrons. The molecule has 0 aliphatic heterocycles. The van der Waals surface area contributed by atoms with Gasteiger partial charge in [0.1, 0.15) is 10.6 Å². The van der Waals surface area contributed by atoms with E-state index in [4.69, 9.17) is 9.72 Å². The average molecular weight is 446 g/mol. The predicted octanol–water partition coefficient (Wildman–Crippen LogP) is 4.33. The van der Waals surface area contributed by atoms with E-state index >= 15 is 0 Å². The summed E-state index contributed by atoms with van der Waals surface area (Å²) in [7, 11) is 1.59. The van der Waals surface area contributed by atoms with Crippen LogP contribution in [0.3, 0.4) is 0 Å². The van der Waals surface area contributed by atoms with Crippen molar-refractivity contribution in [1.29, 1.82) is 0 Å². The highest BCUT2D eigenvalue weighted by Crippen LogP contribution is 2.31. The topological polar surface area (TPSA) is 73.2 Å². The monoisotopic (exact) mass is 445 g/mol. The largest absolute Gasteiger partial charge is 0.497 e. The molecule has 0 spiro atoms.